The standard InChI is InChI=1S/C20H25N3O2/c1-4-17-19(16-9-7-15(13-21)8-10-16)18(20(22)24)14(3)23(17)11-6-12-25-5-2/h7-10H,4-6,11-12H2,1-3H3,(H2,22,24). The third-order valence-electron chi connectivity index (χ3n) is 4.39. The summed E-state index contributed by atoms with van der Waals surface area (Å²) in [4.78, 5) is 12.1. The summed E-state index contributed by atoms with van der Waals surface area (Å²) in [7, 11) is 0. The summed E-state index contributed by atoms with van der Waals surface area (Å²) in [5, 5.41) is 8.99. The van der Waals surface area contributed by atoms with Crippen LogP contribution in [0.1, 0.15) is 47.6 Å². The molecule has 0 fully saturated rings. The smallest absolute Gasteiger partial charge is 0.251 e. The van der Waals surface area contributed by atoms with E-state index < -0.39 is 5.91 Å². The molecule has 5 heteroatoms. The highest BCUT2D eigenvalue weighted by Crippen LogP contribution is 2.33. The van der Waals surface area contributed by atoms with Gasteiger partial charge in [0.05, 0.1) is 17.2 Å². The van der Waals surface area contributed by atoms with Gasteiger partial charge in [-0.05, 0) is 44.4 Å². The average molecular weight is 339 g/mol. The van der Waals surface area contributed by atoms with Gasteiger partial charge in [-0.25, -0.2) is 0 Å². The fourth-order valence-corrected chi connectivity index (χ4v) is 3.26. The van der Waals surface area contributed by atoms with E-state index in [0.717, 1.165) is 41.9 Å². The first-order valence-electron chi connectivity index (χ1n) is 8.65. The van der Waals surface area contributed by atoms with E-state index >= 15 is 0 Å². The maximum Gasteiger partial charge on any atom is 0.251 e. The summed E-state index contributed by atoms with van der Waals surface area (Å²) in [6.07, 6.45) is 1.67. The molecule has 25 heavy (non-hydrogen) atoms. The van der Waals surface area contributed by atoms with Crippen LogP contribution in [0.5, 0.6) is 0 Å². The van der Waals surface area contributed by atoms with Crippen LogP contribution in [0.25, 0.3) is 11.1 Å². The molecule has 1 aromatic carbocycles. The summed E-state index contributed by atoms with van der Waals surface area (Å²) in [5.74, 6) is -0.421. The van der Waals surface area contributed by atoms with Gasteiger partial charge in [0.1, 0.15) is 0 Å². The number of carbonyl (C=O) groups excluding carboxylic acids is 1. The van der Waals surface area contributed by atoms with Gasteiger partial charge in [0.15, 0.2) is 0 Å². The Morgan fingerprint density at radius 1 is 1.28 bits per heavy atom. The molecule has 0 aliphatic carbocycles. The molecule has 0 unspecified atom stereocenters. The quantitative estimate of drug-likeness (QED) is 0.748. The van der Waals surface area contributed by atoms with Gasteiger partial charge in [0.25, 0.3) is 5.91 Å². The summed E-state index contributed by atoms with van der Waals surface area (Å²) < 4.78 is 7.60. The van der Waals surface area contributed by atoms with Gasteiger partial charge in [-0.2, -0.15) is 5.26 Å². The van der Waals surface area contributed by atoms with Crippen molar-refractivity contribution in [1.82, 2.24) is 4.57 Å². The van der Waals surface area contributed by atoms with Gasteiger partial charge in [-0.3, -0.25) is 4.79 Å². The van der Waals surface area contributed by atoms with Crippen LogP contribution in [-0.4, -0.2) is 23.7 Å². The van der Waals surface area contributed by atoms with Crippen LogP contribution in [-0.2, 0) is 17.7 Å². The summed E-state index contributed by atoms with van der Waals surface area (Å²) in [6.45, 7) is 8.17. The molecule has 0 radical (unpaired) electrons. The van der Waals surface area contributed by atoms with Gasteiger partial charge in [-0.1, -0.05) is 19.1 Å². The molecule has 1 amide bonds. The lowest BCUT2D eigenvalue weighted by atomic mass is 9.98. The van der Waals surface area contributed by atoms with E-state index in [1.807, 2.05) is 26.0 Å². The molecule has 0 spiro atoms. The van der Waals surface area contributed by atoms with Gasteiger partial charge >= 0.3 is 0 Å². The van der Waals surface area contributed by atoms with Gasteiger partial charge in [-0.15, -0.1) is 0 Å². The van der Waals surface area contributed by atoms with Crippen molar-refractivity contribution in [3.8, 4) is 17.2 Å². The first kappa shape index (κ1) is 18.8. The molecule has 2 N–H and O–H groups in total. The molecule has 0 atom stereocenters. The van der Waals surface area contributed by atoms with Crippen LogP contribution >= 0.6 is 0 Å². The van der Waals surface area contributed by atoms with Crippen molar-refractivity contribution in [1.29, 1.82) is 5.26 Å². The van der Waals surface area contributed by atoms with Crippen LogP contribution in [0.15, 0.2) is 24.3 Å². The lowest BCUT2D eigenvalue weighted by Gasteiger charge is -2.12. The van der Waals surface area contributed by atoms with Crippen LogP contribution < -0.4 is 5.73 Å². The molecular formula is C20H25N3O2. The molecule has 2 aromatic rings. The Bertz CT molecular complexity index is 783. The second-order valence-corrected chi connectivity index (χ2v) is 5.89. The SMILES string of the molecule is CCOCCCn1c(C)c(C(N)=O)c(-c2ccc(C#N)cc2)c1CC. The second-order valence-electron chi connectivity index (χ2n) is 5.89. The molecule has 0 saturated carbocycles. The molecular weight excluding hydrogens is 314 g/mol. The first-order valence-corrected chi connectivity index (χ1v) is 8.65. The van der Waals surface area contributed by atoms with Crippen LogP contribution in [0.4, 0.5) is 0 Å². The Morgan fingerprint density at radius 3 is 2.48 bits per heavy atom. The largest absolute Gasteiger partial charge is 0.382 e. The highest BCUT2D eigenvalue weighted by Gasteiger charge is 2.23. The van der Waals surface area contributed by atoms with E-state index in [4.69, 9.17) is 15.7 Å². The van der Waals surface area contributed by atoms with E-state index in [1.165, 1.54) is 0 Å². The van der Waals surface area contributed by atoms with Crippen molar-refractivity contribution in [2.75, 3.05) is 13.2 Å². The topological polar surface area (TPSA) is 81.0 Å². The predicted octanol–water partition coefficient (Wildman–Crippen LogP) is 3.42. The number of amides is 1. The summed E-state index contributed by atoms with van der Waals surface area (Å²) in [5.41, 5.74) is 10.6. The average Bonchev–Trinajstić information content (AvgIpc) is 2.90. The third-order valence-corrected chi connectivity index (χ3v) is 4.39. The monoisotopic (exact) mass is 339 g/mol. The number of hydrogen-bond acceptors (Lipinski definition) is 3. The van der Waals surface area contributed by atoms with E-state index in [9.17, 15) is 4.79 Å². The molecule has 2 rings (SSSR count). The Balaban J connectivity index is 2.52. The highest BCUT2D eigenvalue weighted by atomic mass is 16.5. The Labute approximate surface area is 149 Å². The summed E-state index contributed by atoms with van der Waals surface area (Å²) in [6, 6.07) is 9.40. The molecule has 0 bridgehead atoms. The van der Waals surface area contributed by atoms with Crippen LogP contribution in [0, 0.1) is 18.3 Å². The van der Waals surface area contributed by atoms with Gasteiger partial charge in [0, 0.05) is 36.7 Å². The second kappa shape index (κ2) is 8.50. The lowest BCUT2D eigenvalue weighted by Crippen LogP contribution is -2.13. The minimum absolute atomic E-state index is 0.421. The minimum atomic E-state index is -0.421. The van der Waals surface area contributed by atoms with Crippen molar-refractivity contribution in [3.63, 3.8) is 0 Å². The number of nitriles is 1. The molecule has 1 heterocycles. The summed E-state index contributed by atoms with van der Waals surface area (Å²) >= 11 is 0. The number of hydrogen-bond donors (Lipinski definition) is 1. The number of nitrogens with zero attached hydrogens (tertiary/aromatic N) is 2. The van der Waals surface area contributed by atoms with Crippen LogP contribution in [0.2, 0.25) is 0 Å². The Kier molecular flexibility index (Phi) is 6.37. The zero-order valence-electron chi connectivity index (χ0n) is 15.1. The first-order chi connectivity index (χ1) is 12.0. The van der Waals surface area contributed by atoms with Gasteiger partial charge < -0.3 is 15.0 Å². The van der Waals surface area contributed by atoms with Crippen molar-refractivity contribution in [2.45, 2.75) is 40.2 Å². The number of benzene rings is 1. The van der Waals surface area contributed by atoms with Crippen molar-refractivity contribution in [2.24, 2.45) is 5.73 Å². The molecule has 0 aliphatic rings. The molecule has 0 saturated heterocycles. The molecule has 1 aromatic heterocycles. The van der Waals surface area contributed by atoms with E-state index in [1.54, 1.807) is 12.1 Å². The highest BCUT2D eigenvalue weighted by molar-refractivity contribution is 6.02. The fourth-order valence-electron chi connectivity index (χ4n) is 3.26. The zero-order chi connectivity index (χ0) is 18.4. The maximum absolute atomic E-state index is 12.1. The van der Waals surface area contributed by atoms with Crippen LogP contribution in [0.3, 0.4) is 0 Å². The van der Waals surface area contributed by atoms with Gasteiger partial charge in [0.2, 0.25) is 0 Å². The molecule has 0 aliphatic heterocycles. The van der Waals surface area contributed by atoms with Crippen molar-refractivity contribution < 1.29 is 9.53 Å². The number of aromatic nitrogens is 1. The number of rotatable bonds is 8. The Morgan fingerprint density at radius 2 is 1.96 bits per heavy atom. The lowest BCUT2D eigenvalue weighted by molar-refractivity contribution is 0.1000. The number of ether oxygens (including phenoxy) is 1. The predicted molar refractivity (Wildman–Crippen MR) is 98.3 cm³/mol. The van der Waals surface area contributed by atoms with Crippen molar-refractivity contribution in [3.05, 3.63) is 46.8 Å². The van der Waals surface area contributed by atoms with E-state index in [2.05, 4.69) is 17.6 Å². The molecule has 132 valence electrons. The van der Waals surface area contributed by atoms with E-state index in [-0.39, 0.29) is 0 Å². The van der Waals surface area contributed by atoms with Crippen molar-refractivity contribution >= 4 is 5.91 Å². The zero-order valence-corrected chi connectivity index (χ0v) is 15.1. The normalized spacial score (nSPS) is 10.6. The number of primary amides is 1. The Hall–Kier alpha value is -2.58. The molecule has 5 nitrogen and oxygen atoms in total. The minimum Gasteiger partial charge on any atom is -0.382 e. The fraction of sp³-hybridized carbons (Fsp3) is 0.400. The maximum atomic E-state index is 12.1. The van der Waals surface area contributed by atoms with E-state index in [0.29, 0.717) is 24.3 Å². The third kappa shape index (κ3) is 3.92. The number of nitrogens with two attached hydrogens (primary N) is 1. The number of carbonyl (C=O) groups is 1.